The Morgan fingerprint density at radius 3 is 2.71 bits per heavy atom. The standard InChI is InChI=1S/C27H33N3O3Si/c1-17-6-7-20(33-16-27(34)10-12-30(27)3)15-22(17)25(32)29-26(8-9-26)23-13-19(18(2)31)14-24-21(23)5-4-11-28-24/h4-7,11,13-15,18,31H,8-10,12,16H2,1-3,34H3,(H,29,32). The van der Waals surface area contributed by atoms with Crippen LogP contribution in [0.4, 0.5) is 0 Å². The highest BCUT2D eigenvalue weighted by atomic mass is 28.1. The summed E-state index contributed by atoms with van der Waals surface area (Å²) >= 11 is 0. The molecule has 1 aromatic heterocycles. The molecule has 2 aliphatic rings. The molecule has 1 saturated carbocycles. The number of pyridine rings is 1. The molecule has 2 heterocycles. The van der Waals surface area contributed by atoms with Gasteiger partial charge in [0.25, 0.3) is 5.91 Å². The van der Waals surface area contributed by atoms with Gasteiger partial charge in [-0.3, -0.25) is 9.78 Å². The maximum absolute atomic E-state index is 13.5. The van der Waals surface area contributed by atoms with Gasteiger partial charge in [-0.2, -0.15) is 0 Å². The van der Waals surface area contributed by atoms with Gasteiger partial charge in [-0.1, -0.05) is 18.2 Å². The van der Waals surface area contributed by atoms with Crippen LogP contribution in [0.25, 0.3) is 10.9 Å². The zero-order valence-electron chi connectivity index (χ0n) is 20.4. The van der Waals surface area contributed by atoms with Crippen LogP contribution in [0.2, 0.25) is 0 Å². The molecule has 178 valence electrons. The van der Waals surface area contributed by atoms with Crippen LogP contribution < -0.4 is 10.1 Å². The van der Waals surface area contributed by atoms with Crippen molar-refractivity contribution >= 4 is 27.1 Å². The van der Waals surface area contributed by atoms with Gasteiger partial charge in [-0.15, -0.1) is 0 Å². The number of rotatable bonds is 7. The fourth-order valence-corrected chi connectivity index (χ4v) is 5.38. The monoisotopic (exact) mass is 475 g/mol. The van der Waals surface area contributed by atoms with Crippen LogP contribution in [-0.4, -0.2) is 56.5 Å². The lowest BCUT2D eigenvalue weighted by Crippen LogP contribution is -2.61. The Bertz CT molecular complexity index is 1260. The van der Waals surface area contributed by atoms with E-state index in [9.17, 15) is 9.90 Å². The molecule has 1 aliphatic heterocycles. The van der Waals surface area contributed by atoms with Gasteiger partial charge in [-0.25, -0.2) is 0 Å². The molecular weight excluding hydrogens is 442 g/mol. The van der Waals surface area contributed by atoms with Gasteiger partial charge in [0.2, 0.25) is 0 Å². The highest BCUT2D eigenvalue weighted by Gasteiger charge is 2.47. The molecule has 1 saturated heterocycles. The summed E-state index contributed by atoms with van der Waals surface area (Å²) in [6, 6.07) is 13.7. The van der Waals surface area contributed by atoms with Crippen molar-refractivity contribution in [3.05, 3.63) is 70.9 Å². The largest absolute Gasteiger partial charge is 0.492 e. The van der Waals surface area contributed by atoms with Crippen LogP contribution in [0.1, 0.15) is 59.3 Å². The number of aromatic nitrogens is 1. The van der Waals surface area contributed by atoms with Crippen molar-refractivity contribution in [2.75, 3.05) is 20.2 Å². The first-order chi connectivity index (χ1) is 16.2. The van der Waals surface area contributed by atoms with E-state index in [-0.39, 0.29) is 11.1 Å². The molecule has 1 aliphatic carbocycles. The van der Waals surface area contributed by atoms with E-state index in [1.54, 1.807) is 13.1 Å². The van der Waals surface area contributed by atoms with E-state index in [2.05, 4.69) is 22.2 Å². The van der Waals surface area contributed by atoms with E-state index in [1.807, 2.05) is 49.4 Å². The summed E-state index contributed by atoms with van der Waals surface area (Å²) in [5.41, 5.74) is 3.79. The number of aliphatic hydroxyl groups is 1. The Kier molecular flexibility index (Phi) is 5.74. The number of ether oxygens (including phenoxy) is 1. The Morgan fingerprint density at radius 2 is 2.06 bits per heavy atom. The number of nitrogens with zero attached hydrogens (tertiary/aromatic N) is 2. The number of nitrogens with one attached hydrogen (secondary N) is 1. The minimum atomic E-state index is -0.604. The topological polar surface area (TPSA) is 74.7 Å². The first-order valence-corrected chi connectivity index (χ1v) is 13.1. The molecule has 2 aromatic carbocycles. The van der Waals surface area contributed by atoms with Gasteiger partial charge >= 0.3 is 0 Å². The number of carbonyl (C=O) groups excluding carboxylic acids is 1. The normalized spacial score (nSPS) is 22.2. The number of amides is 1. The molecular formula is C27H33N3O3Si. The molecule has 6 nitrogen and oxygen atoms in total. The minimum absolute atomic E-state index is 0.0960. The number of aliphatic hydroxyl groups excluding tert-OH is 1. The average Bonchev–Trinajstić information content (AvgIpc) is 3.61. The summed E-state index contributed by atoms with van der Waals surface area (Å²) in [6.45, 7) is 5.50. The Labute approximate surface area is 203 Å². The lowest BCUT2D eigenvalue weighted by atomic mass is 9.94. The second-order valence-corrected chi connectivity index (χ2v) is 12.1. The summed E-state index contributed by atoms with van der Waals surface area (Å²) in [6.07, 6.45) is 4.04. The summed E-state index contributed by atoms with van der Waals surface area (Å²) in [4.78, 5) is 20.4. The smallest absolute Gasteiger partial charge is 0.252 e. The van der Waals surface area contributed by atoms with Gasteiger partial charge in [0, 0.05) is 32.6 Å². The first kappa shape index (κ1) is 23.0. The molecule has 2 unspecified atom stereocenters. The second-order valence-electron chi connectivity index (χ2n) is 10.3. The molecule has 2 fully saturated rings. The zero-order chi connectivity index (χ0) is 24.1. The molecule has 1 amide bonds. The third-order valence-electron chi connectivity index (χ3n) is 7.75. The van der Waals surface area contributed by atoms with E-state index in [0.29, 0.717) is 12.2 Å². The van der Waals surface area contributed by atoms with Gasteiger partial charge in [0.15, 0.2) is 0 Å². The van der Waals surface area contributed by atoms with Crippen LogP contribution in [0, 0.1) is 6.92 Å². The van der Waals surface area contributed by atoms with E-state index in [0.717, 1.165) is 63.0 Å². The lowest BCUT2D eigenvalue weighted by Gasteiger charge is -2.48. The minimum Gasteiger partial charge on any atom is -0.492 e. The Hall–Kier alpha value is -2.74. The number of hydrogen-bond donors (Lipinski definition) is 2. The number of benzene rings is 2. The number of likely N-dealkylation sites (tertiary alicyclic amines) is 1. The van der Waals surface area contributed by atoms with Crippen LogP contribution in [0.15, 0.2) is 48.7 Å². The van der Waals surface area contributed by atoms with Gasteiger partial charge in [0.05, 0.1) is 17.2 Å². The van der Waals surface area contributed by atoms with Crippen LogP contribution in [0.5, 0.6) is 5.75 Å². The third kappa shape index (κ3) is 4.12. The van der Waals surface area contributed by atoms with Crippen molar-refractivity contribution in [2.24, 2.45) is 0 Å². The molecule has 34 heavy (non-hydrogen) atoms. The highest BCUT2D eigenvalue weighted by Crippen LogP contribution is 2.48. The Morgan fingerprint density at radius 1 is 1.26 bits per heavy atom. The summed E-state index contributed by atoms with van der Waals surface area (Å²) in [7, 11) is 3.20. The van der Waals surface area contributed by atoms with Gasteiger partial charge in [0.1, 0.15) is 12.4 Å². The van der Waals surface area contributed by atoms with Crippen molar-refractivity contribution in [3.8, 4) is 5.75 Å². The highest BCUT2D eigenvalue weighted by molar-refractivity contribution is 6.16. The molecule has 5 rings (SSSR count). The fraction of sp³-hybridized carbons (Fsp3) is 0.407. The summed E-state index contributed by atoms with van der Waals surface area (Å²) < 4.78 is 6.14. The van der Waals surface area contributed by atoms with Crippen LogP contribution in [0.3, 0.4) is 0 Å². The molecule has 7 heteroatoms. The number of carbonyl (C=O) groups is 1. The van der Waals surface area contributed by atoms with Gasteiger partial charge < -0.3 is 20.1 Å². The summed E-state index contributed by atoms with van der Waals surface area (Å²) in [5.74, 6) is 0.642. The average molecular weight is 476 g/mol. The van der Waals surface area contributed by atoms with Gasteiger partial charge in [-0.05, 0) is 87.7 Å². The predicted octanol–water partition coefficient (Wildman–Crippen LogP) is 2.79. The molecule has 0 radical (unpaired) electrons. The quantitative estimate of drug-likeness (QED) is 0.514. The lowest BCUT2D eigenvalue weighted by molar-refractivity contribution is 0.0408. The molecule has 2 atom stereocenters. The maximum Gasteiger partial charge on any atom is 0.252 e. The van der Waals surface area contributed by atoms with E-state index in [4.69, 9.17) is 4.74 Å². The molecule has 0 bridgehead atoms. The van der Waals surface area contributed by atoms with Crippen molar-refractivity contribution in [3.63, 3.8) is 0 Å². The van der Waals surface area contributed by atoms with E-state index >= 15 is 0 Å². The summed E-state index contributed by atoms with van der Waals surface area (Å²) in [5, 5.41) is 14.8. The second kappa shape index (κ2) is 8.48. The number of fused-ring (bicyclic) bond motifs is 1. The maximum atomic E-state index is 13.5. The van der Waals surface area contributed by atoms with Crippen molar-refractivity contribution in [2.45, 2.75) is 49.9 Å². The zero-order valence-corrected chi connectivity index (χ0v) is 22.4. The molecule has 3 aromatic rings. The molecule has 0 spiro atoms. The predicted molar refractivity (Wildman–Crippen MR) is 137 cm³/mol. The number of aryl methyl sites for hydroxylation is 1. The number of likely N-dealkylation sites (N-methyl/N-ethyl adjacent to an activating group) is 1. The van der Waals surface area contributed by atoms with Crippen LogP contribution >= 0.6 is 0 Å². The molecule has 2 N–H and O–H groups in total. The first-order valence-electron chi connectivity index (χ1n) is 12.1. The SMILES string of the molecule is Cc1ccc(OCC2([SiH3])CCN2C)cc1C(=O)NC1(c2cc(C(C)O)cc3ncccc23)CC1. The van der Waals surface area contributed by atoms with E-state index < -0.39 is 11.6 Å². The Balaban J connectivity index is 1.41. The number of hydrogen-bond acceptors (Lipinski definition) is 5. The van der Waals surface area contributed by atoms with Crippen LogP contribution in [-0.2, 0) is 5.54 Å². The fourth-order valence-electron chi connectivity index (χ4n) is 4.79. The van der Waals surface area contributed by atoms with E-state index in [1.165, 1.54) is 6.42 Å². The van der Waals surface area contributed by atoms with Crippen molar-refractivity contribution in [1.82, 2.24) is 15.2 Å². The van der Waals surface area contributed by atoms with Crippen molar-refractivity contribution < 1.29 is 14.6 Å². The van der Waals surface area contributed by atoms with Crippen molar-refractivity contribution in [1.29, 1.82) is 0 Å². The third-order valence-corrected chi connectivity index (χ3v) is 9.31.